The molecule has 1 atom stereocenters. The van der Waals surface area contributed by atoms with Gasteiger partial charge in [-0.05, 0) is 54.3 Å². The highest BCUT2D eigenvalue weighted by Gasteiger charge is 2.33. The fourth-order valence-corrected chi connectivity index (χ4v) is 5.41. The van der Waals surface area contributed by atoms with Crippen molar-refractivity contribution in [3.8, 4) is 5.75 Å². The maximum Gasteiger partial charge on any atom is 0.244 e. The third-order valence-corrected chi connectivity index (χ3v) is 8.03. The second-order valence-electron chi connectivity index (χ2n) is 9.94. The summed E-state index contributed by atoms with van der Waals surface area (Å²) >= 11 is 6.10. The van der Waals surface area contributed by atoms with Crippen LogP contribution in [0.5, 0.6) is 5.75 Å². The Morgan fingerprint density at radius 2 is 1.68 bits per heavy atom. The average molecular weight is 600 g/mol. The molecule has 0 spiro atoms. The molecule has 0 radical (unpaired) electrons. The fraction of sp³-hybridized carbons (Fsp3) is 0.355. The zero-order valence-corrected chi connectivity index (χ0v) is 25.5. The smallest absolute Gasteiger partial charge is 0.244 e. The number of benzene rings is 3. The van der Waals surface area contributed by atoms with Crippen LogP contribution in [0.15, 0.2) is 72.8 Å². The maximum absolute atomic E-state index is 14.2. The van der Waals surface area contributed by atoms with Gasteiger partial charge in [-0.25, -0.2) is 8.42 Å². The van der Waals surface area contributed by atoms with E-state index in [9.17, 15) is 18.0 Å². The summed E-state index contributed by atoms with van der Waals surface area (Å²) in [5.74, 6) is -0.514. The summed E-state index contributed by atoms with van der Waals surface area (Å²) in [7, 11) is -2.46. The lowest BCUT2D eigenvalue weighted by atomic mass is 10.0. The van der Waals surface area contributed by atoms with E-state index < -0.39 is 28.5 Å². The summed E-state index contributed by atoms with van der Waals surface area (Å²) in [5, 5.41) is 3.51. The number of carbonyl (C=O) groups is 2. The molecule has 41 heavy (non-hydrogen) atoms. The number of methoxy groups -OCH3 is 1. The number of ether oxygens (including phenoxy) is 1. The van der Waals surface area contributed by atoms with Gasteiger partial charge in [0.1, 0.15) is 18.3 Å². The van der Waals surface area contributed by atoms with Crippen molar-refractivity contribution in [3.05, 3.63) is 94.5 Å². The van der Waals surface area contributed by atoms with E-state index in [0.29, 0.717) is 17.3 Å². The predicted molar refractivity (Wildman–Crippen MR) is 164 cm³/mol. The minimum atomic E-state index is -3.91. The number of aryl methyl sites for hydroxylation is 1. The largest absolute Gasteiger partial charge is 0.495 e. The van der Waals surface area contributed by atoms with Crippen LogP contribution in [0.3, 0.4) is 0 Å². The van der Waals surface area contributed by atoms with Gasteiger partial charge in [0, 0.05) is 24.5 Å². The monoisotopic (exact) mass is 599 g/mol. The van der Waals surface area contributed by atoms with Crippen molar-refractivity contribution in [2.24, 2.45) is 0 Å². The van der Waals surface area contributed by atoms with Crippen molar-refractivity contribution < 1.29 is 22.7 Å². The highest BCUT2D eigenvalue weighted by molar-refractivity contribution is 7.92. The fourth-order valence-electron chi connectivity index (χ4n) is 4.44. The summed E-state index contributed by atoms with van der Waals surface area (Å²) in [5.41, 5.74) is 2.68. The molecule has 220 valence electrons. The Kier molecular flexibility index (Phi) is 11.6. The van der Waals surface area contributed by atoms with Gasteiger partial charge in [0.05, 0.1) is 19.1 Å². The first kappa shape index (κ1) is 32.0. The van der Waals surface area contributed by atoms with Crippen molar-refractivity contribution in [2.45, 2.75) is 45.7 Å². The van der Waals surface area contributed by atoms with Gasteiger partial charge >= 0.3 is 0 Å². The van der Waals surface area contributed by atoms with Crippen molar-refractivity contribution in [1.29, 1.82) is 0 Å². The standard InChI is InChI=1S/C31H38ClN3O5S/c1-5-6-18-33-31(37)28(20-24-10-8-7-9-11-24)34(21-25-13-15-26(32)16-14-25)30(36)22-35(41(4,38)39)27-19-23(2)12-17-29(27)40-3/h7-17,19,28H,5-6,18,20-22H2,1-4H3,(H,33,37)/t28-/m1/s1. The van der Waals surface area contributed by atoms with E-state index in [4.69, 9.17) is 16.3 Å². The van der Waals surface area contributed by atoms with Crippen LogP contribution >= 0.6 is 11.6 Å². The van der Waals surface area contributed by atoms with Crippen LogP contribution in [0.2, 0.25) is 5.02 Å². The number of hydrogen-bond acceptors (Lipinski definition) is 5. The maximum atomic E-state index is 14.2. The average Bonchev–Trinajstić information content (AvgIpc) is 2.94. The molecule has 0 fully saturated rings. The van der Waals surface area contributed by atoms with Crippen LogP contribution in [-0.4, -0.2) is 57.6 Å². The third kappa shape index (κ3) is 9.23. The van der Waals surface area contributed by atoms with E-state index in [-0.39, 0.29) is 24.6 Å². The highest BCUT2D eigenvalue weighted by Crippen LogP contribution is 2.31. The Labute approximate surface area is 248 Å². The quantitative estimate of drug-likeness (QED) is 0.264. The van der Waals surface area contributed by atoms with E-state index in [1.165, 1.54) is 12.0 Å². The molecule has 0 aliphatic rings. The minimum Gasteiger partial charge on any atom is -0.495 e. The molecule has 0 aromatic heterocycles. The van der Waals surface area contributed by atoms with E-state index in [1.54, 1.807) is 42.5 Å². The van der Waals surface area contributed by atoms with Gasteiger partial charge in [-0.3, -0.25) is 13.9 Å². The lowest BCUT2D eigenvalue weighted by Gasteiger charge is -2.33. The summed E-state index contributed by atoms with van der Waals surface area (Å²) in [6.07, 6.45) is 3.00. The number of carbonyl (C=O) groups excluding carboxylic acids is 2. The summed E-state index contributed by atoms with van der Waals surface area (Å²) < 4.78 is 32.5. The molecule has 0 aliphatic heterocycles. The van der Waals surface area contributed by atoms with Gasteiger partial charge in [0.2, 0.25) is 21.8 Å². The van der Waals surface area contributed by atoms with Crippen molar-refractivity contribution in [3.63, 3.8) is 0 Å². The Balaban J connectivity index is 2.07. The van der Waals surface area contributed by atoms with Crippen LogP contribution in [0.25, 0.3) is 0 Å². The molecule has 0 bridgehead atoms. The second-order valence-corrected chi connectivity index (χ2v) is 12.3. The Morgan fingerprint density at radius 1 is 1.00 bits per heavy atom. The zero-order chi connectivity index (χ0) is 30.0. The highest BCUT2D eigenvalue weighted by atomic mass is 35.5. The molecule has 2 amide bonds. The molecule has 0 unspecified atom stereocenters. The van der Waals surface area contributed by atoms with Crippen molar-refractivity contribution in [2.75, 3.05) is 30.8 Å². The molecule has 10 heteroatoms. The van der Waals surface area contributed by atoms with E-state index in [1.807, 2.05) is 44.2 Å². The number of anilines is 1. The lowest BCUT2D eigenvalue weighted by Crippen LogP contribution is -2.53. The summed E-state index contributed by atoms with van der Waals surface area (Å²) in [4.78, 5) is 29.3. The molecular weight excluding hydrogens is 562 g/mol. The number of sulfonamides is 1. The van der Waals surface area contributed by atoms with E-state index in [2.05, 4.69) is 5.32 Å². The van der Waals surface area contributed by atoms with Gasteiger partial charge in [-0.15, -0.1) is 0 Å². The molecule has 3 aromatic rings. The van der Waals surface area contributed by atoms with Crippen LogP contribution in [0.4, 0.5) is 5.69 Å². The normalized spacial score (nSPS) is 11.9. The number of unbranched alkanes of at least 4 members (excludes halogenated alkanes) is 1. The van der Waals surface area contributed by atoms with Gasteiger partial charge in [0.25, 0.3) is 0 Å². The number of halogens is 1. The lowest BCUT2D eigenvalue weighted by molar-refractivity contribution is -0.140. The van der Waals surface area contributed by atoms with Crippen LogP contribution < -0.4 is 14.4 Å². The molecule has 3 rings (SSSR count). The first-order valence-corrected chi connectivity index (χ1v) is 15.7. The van der Waals surface area contributed by atoms with Crippen LogP contribution in [0.1, 0.15) is 36.5 Å². The number of amides is 2. The summed E-state index contributed by atoms with van der Waals surface area (Å²) in [6.45, 7) is 3.90. The molecular formula is C31H38ClN3O5S. The first-order chi connectivity index (χ1) is 19.5. The van der Waals surface area contributed by atoms with Crippen molar-refractivity contribution in [1.82, 2.24) is 10.2 Å². The van der Waals surface area contributed by atoms with Crippen LogP contribution in [0, 0.1) is 6.92 Å². The summed E-state index contributed by atoms with van der Waals surface area (Å²) in [6, 6.07) is 20.7. The second kappa shape index (κ2) is 14.9. The number of nitrogens with zero attached hydrogens (tertiary/aromatic N) is 2. The van der Waals surface area contributed by atoms with Gasteiger partial charge in [-0.1, -0.05) is 73.5 Å². The Morgan fingerprint density at radius 3 is 2.29 bits per heavy atom. The molecule has 0 saturated carbocycles. The Bertz CT molecular complexity index is 1420. The topological polar surface area (TPSA) is 96.0 Å². The molecule has 0 heterocycles. The molecule has 0 saturated heterocycles. The van der Waals surface area contributed by atoms with E-state index >= 15 is 0 Å². The Hall–Kier alpha value is -3.56. The van der Waals surface area contributed by atoms with E-state index in [0.717, 1.165) is 40.1 Å². The third-order valence-electron chi connectivity index (χ3n) is 6.65. The van der Waals surface area contributed by atoms with Gasteiger partial charge < -0.3 is 15.0 Å². The first-order valence-electron chi connectivity index (χ1n) is 13.5. The van der Waals surface area contributed by atoms with Crippen molar-refractivity contribution >= 4 is 39.1 Å². The number of rotatable bonds is 14. The minimum absolute atomic E-state index is 0.0806. The molecule has 8 nitrogen and oxygen atoms in total. The van der Waals surface area contributed by atoms with Gasteiger partial charge in [-0.2, -0.15) is 0 Å². The van der Waals surface area contributed by atoms with Gasteiger partial charge in [0.15, 0.2) is 0 Å². The number of hydrogen-bond donors (Lipinski definition) is 1. The predicted octanol–water partition coefficient (Wildman–Crippen LogP) is 4.98. The molecule has 0 aliphatic carbocycles. The SMILES string of the molecule is CCCCNC(=O)[C@@H](Cc1ccccc1)N(Cc1ccc(Cl)cc1)C(=O)CN(c1cc(C)ccc1OC)S(C)(=O)=O. The number of nitrogens with one attached hydrogen (secondary N) is 1. The van der Waals surface area contributed by atoms with Crippen LogP contribution in [-0.2, 0) is 32.6 Å². The zero-order valence-electron chi connectivity index (χ0n) is 24.0. The molecule has 1 N–H and O–H groups in total. The molecule has 3 aromatic carbocycles.